The van der Waals surface area contributed by atoms with Crippen LogP contribution in [-0.4, -0.2) is 11.0 Å². The molecule has 1 aromatic carbocycles. The van der Waals surface area contributed by atoms with Crippen LogP contribution in [0.15, 0.2) is 18.2 Å². The van der Waals surface area contributed by atoms with Crippen molar-refractivity contribution in [2.45, 2.75) is 33.3 Å². The molecule has 0 aromatic heterocycles. The van der Waals surface area contributed by atoms with E-state index in [1.54, 1.807) is 6.07 Å². The lowest BCUT2D eigenvalue weighted by atomic mass is 9.97. The zero-order valence-corrected chi connectivity index (χ0v) is 9.59. The molecule has 3 nitrogen and oxygen atoms in total. The van der Waals surface area contributed by atoms with Crippen LogP contribution in [0.2, 0.25) is 0 Å². The Hall–Kier alpha value is -1.35. The first-order valence-corrected chi connectivity index (χ1v) is 5.17. The van der Waals surface area contributed by atoms with Crippen molar-refractivity contribution in [2.75, 3.05) is 5.32 Å². The van der Waals surface area contributed by atoms with Gasteiger partial charge in [0.05, 0.1) is 0 Å². The summed E-state index contributed by atoms with van der Waals surface area (Å²) >= 11 is 0. The maximum Gasteiger partial charge on any atom is 0.260 e. The van der Waals surface area contributed by atoms with E-state index in [4.69, 9.17) is 0 Å². The summed E-state index contributed by atoms with van der Waals surface area (Å²) in [5.41, 5.74) is 1.07. The van der Waals surface area contributed by atoms with Crippen molar-refractivity contribution < 1.29 is 9.90 Å². The standard InChI is InChI=1S/C10H11NO2.C2H6/c1-6-3-4-7-8(5-6)11-9(12)10(7,2)13;1-2/h3-5,13H,1-2H3,(H,11,12);1-2H3. The lowest BCUT2D eigenvalue weighted by Crippen LogP contribution is -2.30. The average Bonchev–Trinajstić information content (AvgIpc) is 2.41. The smallest absolute Gasteiger partial charge is 0.260 e. The first kappa shape index (κ1) is 11.7. The molecule has 0 aliphatic carbocycles. The molecule has 1 aliphatic heterocycles. The molecule has 1 amide bonds. The van der Waals surface area contributed by atoms with Gasteiger partial charge < -0.3 is 10.4 Å². The quantitative estimate of drug-likeness (QED) is 0.685. The van der Waals surface area contributed by atoms with Gasteiger partial charge in [0, 0.05) is 11.3 Å². The van der Waals surface area contributed by atoms with Crippen LogP contribution in [-0.2, 0) is 10.4 Å². The average molecular weight is 207 g/mol. The fourth-order valence-electron chi connectivity index (χ4n) is 1.55. The molecule has 3 heteroatoms. The Bertz CT molecular complexity index is 383. The summed E-state index contributed by atoms with van der Waals surface area (Å²) < 4.78 is 0. The SMILES string of the molecule is CC.Cc1ccc2c(c1)NC(=O)C2(C)O. The topological polar surface area (TPSA) is 49.3 Å². The Balaban J connectivity index is 0.000000531. The van der Waals surface area contributed by atoms with Crippen molar-refractivity contribution in [1.82, 2.24) is 0 Å². The maximum absolute atomic E-state index is 11.3. The van der Waals surface area contributed by atoms with Crippen LogP contribution in [0.5, 0.6) is 0 Å². The number of amides is 1. The molecule has 82 valence electrons. The highest BCUT2D eigenvalue weighted by Crippen LogP contribution is 2.35. The Morgan fingerprint density at radius 3 is 2.53 bits per heavy atom. The van der Waals surface area contributed by atoms with Crippen molar-refractivity contribution >= 4 is 11.6 Å². The van der Waals surface area contributed by atoms with Gasteiger partial charge in [0.1, 0.15) is 0 Å². The molecule has 0 saturated carbocycles. The van der Waals surface area contributed by atoms with Gasteiger partial charge in [-0.1, -0.05) is 26.0 Å². The molecule has 2 rings (SSSR count). The molecule has 0 bridgehead atoms. The van der Waals surface area contributed by atoms with E-state index in [0.29, 0.717) is 5.56 Å². The predicted molar refractivity (Wildman–Crippen MR) is 60.7 cm³/mol. The normalized spacial score (nSPS) is 22.6. The lowest BCUT2D eigenvalue weighted by molar-refractivity contribution is -0.131. The Morgan fingerprint density at radius 2 is 1.93 bits per heavy atom. The van der Waals surface area contributed by atoms with Gasteiger partial charge in [-0.2, -0.15) is 0 Å². The number of carbonyl (C=O) groups excluding carboxylic acids is 1. The van der Waals surface area contributed by atoms with Gasteiger partial charge in [-0.05, 0) is 25.5 Å². The van der Waals surface area contributed by atoms with Crippen LogP contribution in [0.1, 0.15) is 31.9 Å². The molecule has 1 heterocycles. The Kier molecular flexibility index (Phi) is 3.15. The first-order chi connectivity index (χ1) is 7.01. The van der Waals surface area contributed by atoms with E-state index in [2.05, 4.69) is 5.32 Å². The number of fused-ring (bicyclic) bond motifs is 1. The monoisotopic (exact) mass is 207 g/mol. The summed E-state index contributed by atoms with van der Waals surface area (Å²) in [6, 6.07) is 5.52. The van der Waals surface area contributed by atoms with Gasteiger partial charge in [0.25, 0.3) is 5.91 Å². The van der Waals surface area contributed by atoms with Crippen molar-refractivity contribution in [3.05, 3.63) is 29.3 Å². The summed E-state index contributed by atoms with van der Waals surface area (Å²) in [5, 5.41) is 12.4. The number of rotatable bonds is 0. The molecular formula is C12H17NO2. The number of aliphatic hydroxyl groups is 1. The first-order valence-electron chi connectivity index (χ1n) is 5.17. The molecular weight excluding hydrogens is 190 g/mol. The third-order valence-electron chi connectivity index (χ3n) is 2.39. The summed E-state index contributed by atoms with van der Waals surface area (Å²) in [6.45, 7) is 7.45. The van der Waals surface area contributed by atoms with E-state index >= 15 is 0 Å². The zero-order valence-electron chi connectivity index (χ0n) is 9.59. The Labute approximate surface area is 90.1 Å². The maximum atomic E-state index is 11.3. The minimum absolute atomic E-state index is 0.354. The van der Waals surface area contributed by atoms with Gasteiger partial charge in [-0.15, -0.1) is 0 Å². The highest BCUT2D eigenvalue weighted by Gasteiger charge is 2.40. The second-order valence-corrected chi connectivity index (χ2v) is 3.58. The molecule has 0 spiro atoms. The largest absolute Gasteiger partial charge is 0.375 e. The van der Waals surface area contributed by atoms with Crippen LogP contribution in [0.3, 0.4) is 0 Å². The zero-order chi connectivity index (χ0) is 11.6. The van der Waals surface area contributed by atoms with Crippen molar-refractivity contribution in [3.8, 4) is 0 Å². The van der Waals surface area contributed by atoms with E-state index in [0.717, 1.165) is 11.3 Å². The van der Waals surface area contributed by atoms with Crippen LogP contribution in [0, 0.1) is 6.92 Å². The molecule has 2 N–H and O–H groups in total. The van der Waals surface area contributed by atoms with Crippen molar-refractivity contribution in [2.24, 2.45) is 0 Å². The third kappa shape index (κ3) is 1.88. The second-order valence-electron chi connectivity index (χ2n) is 3.58. The predicted octanol–water partition coefficient (Wildman–Crippen LogP) is 2.18. The molecule has 0 fully saturated rings. The molecule has 1 atom stereocenters. The number of anilines is 1. The highest BCUT2D eigenvalue weighted by atomic mass is 16.3. The second kappa shape index (κ2) is 4.03. The van der Waals surface area contributed by atoms with E-state index in [9.17, 15) is 9.90 Å². The molecule has 1 unspecified atom stereocenters. The van der Waals surface area contributed by atoms with Crippen molar-refractivity contribution in [1.29, 1.82) is 0 Å². The number of benzene rings is 1. The molecule has 15 heavy (non-hydrogen) atoms. The van der Waals surface area contributed by atoms with E-state index in [-0.39, 0.29) is 5.91 Å². The fraction of sp³-hybridized carbons (Fsp3) is 0.417. The van der Waals surface area contributed by atoms with Gasteiger partial charge in [0.15, 0.2) is 5.60 Å². The van der Waals surface area contributed by atoms with E-state index in [1.165, 1.54) is 6.92 Å². The summed E-state index contributed by atoms with van der Waals surface area (Å²) in [4.78, 5) is 11.3. The number of nitrogens with one attached hydrogen (secondary N) is 1. The van der Waals surface area contributed by atoms with E-state index < -0.39 is 5.60 Å². The summed E-state index contributed by atoms with van der Waals surface area (Å²) in [7, 11) is 0. The summed E-state index contributed by atoms with van der Waals surface area (Å²) in [5.74, 6) is -0.354. The molecule has 0 radical (unpaired) electrons. The van der Waals surface area contributed by atoms with Crippen molar-refractivity contribution in [3.63, 3.8) is 0 Å². The van der Waals surface area contributed by atoms with Gasteiger partial charge in [0.2, 0.25) is 0 Å². The van der Waals surface area contributed by atoms with Crippen LogP contribution >= 0.6 is 0 Å². The molecule has 0 saturated heterocycles. The highest BCUT2D eigenvalue weighted by molar-refractivity contribution is 6.04. The number of carbonyl (C=O) groups is 1. The fourth-order valence-corrected chi connectivity index (χ4v) is 1.55. The minimum Gasteiger partial charge on any atom is -0.375 e. The van der Waals surface area contributed by atoms with Gasteiger partial charge >= 0.3 is 0 Å². The number of hydrogen-bond acceptors (Lipinski definition) is 2. The van der Waals surface area contributed by atoms with Gasteiger partial charge in [-0.25, -0.2) is 0 Å². The van der Waals surface area contributed by atoms with Crippen LogP contribution in [0.4, 0.5) is 5.69 Å². The van der Waals surface area contributed by atoms with E-state index in [1.807, 2.05) is 32.9 Å². The Morgan fingerprint density at radius 1 is 1.33 bits per heavy atom. The molecule has 1 aliphatic rings. The minimum atomic E-state index is -1.37. The summed E-state index contributed by atoms with van der Waals surface area (Å²) in [6.07, 6.45) is 0. The molecule has 1 aromatic rings. The van der Waals surface area contributed by atoms with Crippen LogP contribution < -0.4 is 5.32 Å². The third-order valence-corrected chi connectivity index (χ3v) is 2.39. The van der Waals surface area contributed by atoms with Crippen LogP contribution in [0.25, 0.3) is 0 Å². The lowest BCUT2D eigenvalue weighted by Gasteiger charge is -2.13. The number of hydrogen-bond donors (Lipinski definition) is 2. The number of aryl methyl sites for hydroxylation is 1. The van der Waals surface area contributed by atoms with Gasteiger partial charge in [-0.3, -0.25) is 4.79 Å².